The van der Waals surface area contributed by atoms with E-state index in [1.165, 1.54) is 0 Å². The van der Waals surface area contributed by atoms with E-state index < -0.39 is 0 Å². The minimum Gasteiger partial charge on any atom is -0.491 e. The molecule has 3 nitrogen and oxygen atoms in total. The quantitative estimate of drug-likeness (QED) is 0.623. The van der Waals surface area contributed by atoms with Crippen molar-refractivity contribution in [3.63, 3.8) is 0 Å². The monoisotopic (exact) mass is 292 g/mol. The predicted octanol–water partition coefficient (Wildman–Crippen LogP) is 1.63. The van der Waals surface area contributed by atoms with E-state index in [1.807, 2.05) is 26.2 Å². The summed E-state index contributed by atoms with van der Waals surface area (Å²) >= 11 is 2.17. The number of rotatable bonds is 4. The lowest BCUT2D eigenvalue weighted by Gasteiger charge is -2.10. The van der Waals surface area contributed by atoms with Gasteiger partial charge in [-0.2, -0.15) is 0 Å². The van der Waals surface area contributed by atoms with Crippen LogP contribution in [0.15, 0.2) is 18.3 Å². The van der Waals surface area contributed by atoms with Gasteiger partial charge in [-0.05, 0) is 48.8 Å². The van der Waals surface area contributed by atoms with E-state index in [1.54, 1.807) is 6.20 Å². The summed E-state index contributed by atoms with van der Waals surface area (Å²) in [5.74, 6) is 0.835. The van der Waals surface area contributed by atoms with Crippen molar-refractivity contribution in [3.05, 3.63) is 22.0 Å². The van der Waals surface area contributed by atoms with Crippen LogP contribution in [0.1, 0.15) is 0 Å². The van der Waals surface area contributed by atoms with E-state index in [9.17, 15) is 0 Å². The molecule has 1 aromatic heterocycles. The summed E-state index contributed by atoms with van der Waals surface area (Å²) in [6.07, 6.45) is 1.75. The smallest absolute Gasteiger partial charge is 0.137 e. The van der Waals surface area contributed by atoms with Crippen LogP contribution in [-0.2, 0) is 0 Å². The van der Waals surface area contributed by atoms with Gasteiger partial charge in [0, 0.05) is 6.54 Å². The largest absolute Gasteiger partial charge is 0.491 e. The van der Waals surface area contributed by atoms with E-state index in [0.717, 1.165) is 16.0 Å². The third-order valence-corrected chi connectivity index (χ3v) is 2.15. The summed E-state index contributed by atoms with van der Waals surface area (Å²) in [4.78, 5) is 6.21. The third kappa shape index (κ3) is 4.42. The van der Waals surface area contributed by atoms with Gasteiger partial charge in [-0.1, -0.05) is 0 Å². The number of aromatic nitrogens is 1. The normalized spacial score (nSPS) is 10.5. The summed E-state index contributed by atoms with van der Waals surface area (Å²) in [5.41, 5.74) is 0. The molecular weight excluding hydrogens is 279 g/mol. The SMILES string of the molecule is CN(C)CCOc1ccc(I)nc1. The Hall–Kier alpha value is -0.360. The first-order chi connectivity index (χ1) is 6.18. The average molecular weight is 292 g/mol. The lowest BCUT2D eigenvalue weighted by molar-refractivity contribution is 0.260. The van der Waals surface area contributed by atoms with Gasteiger partial charge in [-0.15, -0.1) is 0 Å². The zero-order valence-corrected chi connectivity index (χ0v) is 9.98. The fourth-order valence-corrected chi connectivity index (χ4v) is 1.11. The maximum atomic E-state index is 5.46. The van der Waals surface area contributed by atoms with Crippen LogP contribution in [0.4, 0.5) is 0 Å². The lowest BCUT2D eigenvalue weighted by atomic mass is 10.5. The summed E-state index contributed by atoms with van der Waals surface area (Å²) in [6.45, 7) is 1.63. The minimum absolute atomic E-state index is 0.704. The molecule has 0 aliphatic rings. The van der Waals surface area contributed by atoms with Crippen LogP contribution < -0.4 is 4.74 Å². The van der Waals surface area contributed by atoms with Crippen molar-refractivity contribution >= 4 is 22.6 Å². The van der Waals surface area contributed by atoms with Gasteiger partial charge < -0.3 is 9.64 Å². The number of likely N-dealkylation sites (N-methyl/N-ethyl adjacent to an activating group) is 1. The number of hydrogen-bond acceptors (Lipinski definition) is 3. The van der Waals surface area contributed by atoms with Crippen LogP contribution >= 0.6 is 22.6 Å². The highest BCUT2D eigenvalue weighted by Gasteiger charge is 1.94. The highest BCUT2D eigenvalue weighted by atomic mass is 127. The maximum Gasteiger partial charge on any atom is 0.137 e. The van der Waals surface area contributed by atoms with E-state index in [4.69, 9.17) is 4.74 Å². The second kappa shape index (κ2) is 5.39. The van der Waals surface area contributed by atoms with Crippen molar-refractivity contribution in [1.29, 1.82) is 0 Å². The highest BCUT2D eigenvalue weighted by molar-refractivity contribution is 14.1. The maximum absolute atomic E-state index is 5.46. The van der Waals surface area contributed by atoms with Crippen LogP contribution in [0.2, 0.25) is 0 Å². The summed E-state index contributed by atoms with van der Waals surface area (Å²) in [7, 11) is 4.05. The van der Waals surface area contributed by atoms with Crippen molar-refractivity contribution in [1.82, 2.24) is 9.88 Å². The molecule has 0 amide bonds. The van der Waals surface area contributed by atoms with Crippen LogP contribution in [0, 0.1) is 3.70 Å². The molecule has 0 fully saturated rings. The second-order valence-electron chi connectivity index (χ2n) is 2.97. The molecule has 0 spiro atoms. The molecule has 0 atom stereocenters. The van der Waals surface area contributed by atoms with E-state index in [-0.39, 0.29) is 0 Å². The molecule has 1 aromatic rings. The topological polar surface area (TPSA) is 25.4 Å². The standard InChI is InChI=1S/C9H13IN2O/c1-12(2)5-6-13-8-3-4-9(10)11-7-8/h3-4,7H,5-6H2,1-2H3. The molecule has 1 rings (SSSR count). The summed E-state index contributed by atoms with van der Waals surface area (Å²) in [6, 6.07) is 3.87. The van der Waals surface area contributed by atoms with E-state index in [2.05, 4.69) is 32.5 Å². The molecule has 0 saturated carbocycles. The van der Waals surface area contributed by atoms with Crippen molar-refractivity contribution in [3.8, 4) is 5.75 Å². The number of ether oxygens (including phenoxy) is 1. The highest BCUT2D eigenvalue weighted by Crippen LogP contribution is 2.09. The number of halogens is 1. The zero-order valence-electron chi connectivity index (χ0n) is 7.83. The Morgan fingerprint density at radius 3 is 2.77 bits per heavy atom. The van der Waals surface area contributed by atoms with Gasteiger partial charge in [0.05, 0.1) is 6.20 Å². The molecular formula is C9H13IN2O. The Labute approximate surface area is 92.2 Å². The zero-order chi connectivity index (χ0) is 9.68. The van der Waals surface area contributed by atoms with Crippen molar-refractivity contribution < 1.29 is 4.74 Å². The number of hydrogen-bond donors (Lipinski definition) is 0. The second-order valence-corrected chi connectivity index (χ2v) is 4.07. The molecule has 13 heavy (non-hydrogen) atoms. The fraction of sp³-hybridized carbons (Fsp3) is 0.444. The van der Waals surface area contributed by atoms with Crippen LogP contribution in [0.25, 0.3) is 0 Å². The number of pyridine rings is 1. The van der Waals surface area contributed by atoms with Crippen LogP contribution in [-0.4, -0.2) is 37.1 Å². The van der Waals surface area contributed by atoms with Gasteiger partial charge in [-0.25, -0.2) is 4.98 Å². The Balaban J connectivity index is 2.33. The summed E-state index contributed by atoms with van der Waals surface area (Å²) < 4.78 is 6.45. The Morgan fingerprint density at radius 2 is 2.23 bits per heavy atom. The first-order valence-electron chi connectivity index (χ1n) is 4.07. The summed E-state index contributed by atoms with van der Waals surface area (Å²) in [5, 5.41) is 0. The fourth-order valence-electron chi connectivity index (χ4n) is 0.794. The molecule has 0 aliphatic carbocycles. The minimum atomic E-state index is 0.704. The molecule has 0 N–H and O–H groups in total. The number of nitrogens with zero attached hydrogens (tertiary/aromatic N) is 2. The molecule has 0 aromatic carbocycles. The first-order valence-corrected chi connectivity index (χ1v) is 5.15. The van der Waals surface area contributed by atoms with E-state index >= 15 is 0 Å². The van der Waals surface area contributed by atoms with Crippen molar-refractivity contribution in [2.24, 2.45) is 0 Å². The molecule has 72 valence electrons. The molecule has 0 aliphatic heterocycles. The molecule has 1 heterocycles. The van der Waals surface area contributed by atoms with Crippen molar-refractivity contribution in [2.45, 2.75) is 0 Å². The van der Waals surface area contributed by atoms with Gasteiger partial charge in [0.2, 0.25) is 0 Å². The van der Waals surface area contributed by atoms with Gasteiger partial charge in [-0.3, -0.25) is 0 Å². The van der Waals surface area contributed by atoms with Gasteiger partial charge in [0.1, 0.15) is 16.1 Å². The Bertz CT molecular complexity index is 248. The van der Waals surface area contributed by atoms with Crippen molar-refractivity contribution in [2.75, 3.05) is 27.2 Å². The van der Waals surface area contributed by atoms with Gasteiger partial charge >= 0.3 is 0 Å². The third-order valence-electron chi connectivity index (χ3n) is 1.51. The molecule has 4 heteroatoms. The van der Waals surface area contributed by atoms with Crippen LogP contribution in [0.3, 0.4) is 0 Å². The molecule has 0 unspecified atom stereocenters. The molecule has 0 bridgehead atoms. The Morgan fingerprint density at radius 1 is 1.46 bits per heavy atom. The first kappa shape index (κ1) is 10.7. The lowest BCUT2D eigenvalue weighted by Crippen LogP contribution is -2.19. The van der Waals surface area contributed by atoms with Crippen LogP contribution in [0.5, 0.6) is 5.75 Å². The van der Waals surface area contributed by atoms with Gasteiger partial charge in [0.25, 0.3) is 0 Å². The van der Waals surface area contributed by atoms with Gasteiger partial charge in [0.15, 0.2) is 0 Å². The molecule has 0 saturated heterocycles. The Kier molecular flexibility index (Phi) is 4.44. The van der Waals surface area contributed by atoms with E-state index in [0.29, 0.717) is 6.61 Å². The average Bonchev–Trinajstić information content (AvgIpc) is 2.08. The predicted molar refractivity (Wildman–Crippen MR) is 61.0 cm³/mol. The molecule has 0 radical (unpaired) electrons.